The lowest BCUT2D eigenvalue weighted by atomic mass is 10.2. The molecule has 0 saturated heterocycles. The van der Waals surface area contributed by atoms with Gasteiger partial charge in [0.05, 0.1) is 13.2 Å². The van der Waals surface area contributed by atoms with Crippen molar-refractivity contribution in [3.05, 3.63) is 0 Å². The molecule has 0 aliphatic rings. The molecule has 0 atom stereocenters. The molecule has 0 unspecified atom stereocenters. The number of ether oxygens (including phenoxy) is 2. The van der Waals surface area contributed by atoms with E-state index in [1.54, 1.807) is 0 Å². The molecule has 0 fully saturated rings. The van der Waals surface area contributed by atoms with Crippen LogP contribution in [0.15, 0.2) is 0 Å². The fourth-order valence-electron chi connectivity index (χ4n) is 2.45. The molecule has 2 N–H and O–H groups in total. The lowest BCUT2D eigenvalue weighted by Crippen LogP contribution is -2.25. The number of unbranched alkanes of at least 4 members (excludes halogenated alkanes) is 8. The van der Waals surface area contributed by atoms with E-state index in [2.05, 4.69) is 48.2 Å². The van der Waals surface area contributed by atoms with Gasteiger partial charge in [0, 0.05) is 25.9 Å². The topological polar surface area (TPSA) is 76.7 Å². The highest BCUT2D eigenvalue weighted by molar-refractivity contribution is 5.67. The standard InChI is InChI=1S/C24H40N2O4/c1-3-5-7-15-19-25-23(27)29-21-17-13-11-9-10-12-14-18-22-30-24(28)26-20-16-8-6-4-2/h3-8,13-22H2,1-2H3,(H,25,27)(H,26,28). The molecule has 2 amide bonds. The third-order valence-corrected chi connectivity index (χ3v) is 4.20. The molecule has 6 heteroatoms. The number of rotatable bonds is 16. The van der Waals surface area contributed by atoms with E-state index in [4.69, 9.17) is 9.47 Å². The predicted molar refractivity (Wildman–Crippen MR) is 121 cm³/mol. The summed E-state index contributed by atoms with van der Waals surface area (Å²) in [7, 11) is 0. The molecule has 0 bridgehead atoms. The fourth-order valence-corrected chi connectivity index (χ4v) is 2.45. The van der Waals surface area contributed by atoms with E-state index in [0.29, 0.717) is 52.0 Å². The van der Waals surface area contributed by atoms with E-state index in [0.717, 1.165) is 25.7 Å². The summed E-state index contributed by atoms with van der Waals surface area (Å²) in [6.45, 7) is 6.38. The number of nitrogens with one attached hydrogen (secondary N) is 2. The van der Waals surface area contributed by atoms with Crippen molar-refractivity contribution in [2.24, 2.45) is 0 Å². The van der Waals surface area contributed by atoms with Crippen molar-refractivity contribution < 1.29 is 19.1 Å². The molecule has 30 heavy (non-hydrogen) atoms. The summed E-state index contributed by atoms with van der Waals surface area (Å²) in [6.07, 6.45) is 11.0. The van der Waals surface area contributed by atoms with Crippen molar-refractivity contribution in [3.63, 3.8) is 0 Å². The zero-order chi connectivity index (χ0) is 22.1. The Morgan fingerprint density at radius 1 is 0.633 bits per heavy atom. The molecule has 6 nitrogen and oxygen atoms in total. The van der Waals surface area contributed by atoms with Crippen LogP contribution in [0.4, 0.5) is 9.59 Å². The van der Waals surface area contributed by atoms with Gasteiger partial charge in [0.25, 0.3) is 0 Å². The van der Waals surface area contributed by atoms with E-state index in [1.165, 1.54) is 25.7 Å². The van der Waals surface area contributed by atoms with Crippen LogP contribution in [-0.2, 0) is 9.47 Å². The number of carbonyl (C=O) groups is 2. The maximum atomic E-state index is 11.4. The van der Waals surface area contributed by atoms with Gasteiger partial charge in [-0.05, 0) is 37.5 Å². The third kappa shape index (κ3) is 22.0. The Morgan fingerprint density at radius 3 is 1.47 bits per heavy atom. The van der Waals surface area contributed by atoms with Gasteiger partial charge in [0.2, 0.25) is 0 Å². The third-order valence-electron chi connectivity index (χ3n) is 4.20. The lowest BCUT2D eigenvalue weighted by Gasteiger charge is -2.05. The van der Waals surface area contributed by atoms with Crippen molar-refractivity contribution in [2.75, 3.05) is 26.3 Å². The maximum Gasteiger partial charge on any atom is 0.407 e. The minimum absolute atomic E-state index is 0.355. The van der Waals surface area contributed by atoms with Crippen LogP contribution >= 0.6 is 0 Å². The number of alkyl carbamates (subject to hydrolysis) is 2. The van der Waals surface area contributed by atoms with Crippen molar-refractivity contribution in [2.45, 2.75) is 90.9 Å². The SMILES string of the molecule is CCCCCCNC(=O)OCCCC#CC#CCCCOC(=O)NCCCCCC. The van der Waals surface area contributed by atoms with E-state index < -0.39 is 0 Å². The molecule has 0 saturated carbocycles. The molecule has 0 radical (unpaired) electrons. The first-order valence-electron chi connectivity index (χ1n) is 11.5. The molecular weight excluding hydrogens is 380 g/mol. The van der Waals surface area contributed by atoms with Crippen LogP contribution in [0.25, 0.3) is 0 Å². The lowest BCUT2D eigenvalue weighted by molar-refractivity contribution is 0.144. The van der Waals surface area contributed by atoms with Crippen LogP contribution in [0.3, 0.4) is 0 Å². The summed E-state index contributed by atoms with van der Waals surface area (Å²) in [6, 6.07) is 0. The molecule has 0 spiro atoms. The molecule has 0 heterocycles. The van der Waals surface area contributed by atoms with Gasteiger partial charge in [0.15, 0.2) is 0 Å². The molecule has 0 aromatic carbocycles. The molecule has 170 valence electrons. The average Bonchev–Trinajstić information content (AvgIpc) is 2.74. The Kier molecular flexibility index (Phi) is 21.2. The number of hydrogen-bond acceptors (Lipinski definition) is 4. The molecule has 0 rings (SSSR count). The van der Waals surface area contributed by atoms with Crippen LogP contribution < -0.4 is 10.6 Å². The zero-order valence-corrected chi connectivity index (χ0v) is 18.9. The molecule has 0 aromatic heterocycles. The highest BCUT2D eigenvalue weighted by Gasteiger charge is 2.00. The molecule has 0 aromatic rings. The maximum absolute atomic E-state index is 11.4. The quantitative estimate of drug-likeness (QED) is 0.267. The minimum Gasteiger partial charge on any atom is -0.450 e. The van der Waals surface area contributed by atoms with Gasteiger partial charge in [0.1, 0.15) is 0 Å². The largest absolute Gasteiger partial charge is 0.450 e. The van der Waals surface area contributed by atoms with Crippen LogP contribution in [0.1, 0.15) is 90.9 Å². The van der Waals surface area contributed by atoms with Gasteiger partial charge in [-0.2, -0.15) is 0 Å². The Bertz CT molecular complexity index is 505. The van der Waals surface area contributed by atoms with Crippen molar-refractivity contribution in [3.8, 4) is 23.7 Å². The van der Waals surface area contributed by atoms with Crippen LogP contribution in [-0.4, -0.2) is 38.5 Å². The normalized spacial score (nSPS) is 9.53. The Labute approximate surface area is 183 Å². The zero-order valence-electron chi connectivity index (χ0n) is 18.9. The average molecular weight is 421 g/mol. The van der Waals surface area contributed by atoms with Crippen LogP contribution in [0, 0.1) is 23.7 Å². The second-order valence-electron chi connectivity index (χ2n) is 7.06. The molecule has 0 aliphatic heterocycles. The molecule has 0 aliphatic carbocycles. The predicted octanol–water partition coefficient (Wildman–Crippen LogP) is 5.17. The summed E-state index contributed by atoms with van der Waals surface area (Å²) in [5, 5.41) is 5.49. The number of amides is 2. The summed E-state index contributed by atoms with van der Waals surface area (Å²) in [4.78, 5) is 22.9. The minimum atomic E-state index is -0.355. The monoisotopic (exact) mass is 420 g/mol. The highest BCUT2D eigenvalue weighted by atomic mass is 16.6. The van der Waals surface area contributed by atoms with E-state index in [-0.39, 0.29) is 12.2 Å². The Balaban J connectivity index is 3.47. The highest BCUT2D eigenvalue weighted by Crippen LogP contribution is 1.98. The second-order valence-corrected chi connectivity index (χ2v) is 7.06. The van der Waals surface area contributed by atoms with Gasteiger partial charge in [-0.1, -0.05) is 64.2 Å². The van der Waals surface area contributed by atoms with Gasteiger partial charge >= 0.3 is 12.2 Å². The first kappa shape index (κ1) is 27.7. The summed E-state index contributed by atoms with van der Waals surface area (Å²) in [5.41, 5.74) is 0. The van der Waals surface area contributed by atoms with Gasteiger partial charge in [-0.3, -0.25) is 0 Å². The van der Waals surface area contributed by atoms with Crippen molar-refractivity contribution >= 4 is 12.2 Å². The van der Waals surface area contributed by atoms with Crippen LogP contribution in [0.5, 0.6) is 0 Å². The van der Waals surface area contributed by atoms with Gasteiger partial charge in [-0.25, -0.2) is 9.59 Å². The summed E-state index contributed by atoms with van der Waals surface area (Å²) >= 11 is 0. The Morgan fingerprint density at radius 2 is 1.07 bits per heavy atom. The molecular formula is C24H40N2O4. The van der Waals surface area contributed by atoms with Gasteiger partial charge in [-0.15, -0.1) is 0 Å². The second kappa shape index (κ2) is 22.9. The fraction of sp³-hybridized carbons (Fsp3) is 0.750. The van der Waals surface area contributed by atoms with Gasteiger partial charge < -0.3 is 20.1 Å². The summed E-state index contributed by atoms with van der Waals surface area (Å²) < 4.78 is 10.2. The van der Waals surface area contributed by atoms with Crippen molar-refractivity contribution in [1.82, 2.24) is 10.6 Å². The first-order chi connectivity index (χ1) is 14.7. The van der Waals surface area contributed by atoms with Crippen molar-refractivity contribution in [1.29, 1.82) is 0 Å². The number of hydrogen-bond donors (Lipinski definition) is 2. The first-order valence-corrected chi connectivity index (χ1v) is 11.5. The smallest absolute Gasteiger partial charge is 0.407 e. The summed E-state index contributed by atoms with van der Waals surface area (Å²) in [5.74, 6) is 11.5. The van der Waals surface area contributed by atoms with E-state index in [9.17, 15) is 9.59 Å². The van der Waals surface area contributed by atoms with E-state index >= 15 is 0 Å². The Hall–Kier alpha value is -2.34. The van der Waals surface area contributed by atoms with Crippen LogP contribution in [0.2, 0.25) is 0 Å². The number of carbonyl (C=O) groups excluding carboxylic acids is 2. The van der Waals surface area contributed by atoms with E-state index in [1.807, 2.05) is 0 Å².